The molecule has 4 rings (SSSR count). The van der Waals surface area contributed by atoms with Crippen molar-refractivity contribution in [2.75, 3.05) is 55.9 Å². The lowest BCUT2D eigenvalue weighted by Crippen LogP contribution is -2.44. The van der Waals surface area contributed by atoms with E-state index in [2.05, 4.69) is 37.7 Å². The van der Waals surface area contributed by atoms with Crippen LogP contribution in [-0.2, 0) is 0 Å². The zero-order valence-corrected chi connectivity index (χ0v) is 18.6. The summed E-state index contributed by atoms with van der Waals surface area (Å²) in [5.74, 6) is 1.52. The molecule has 2 N–H and O–H groups in total. The van der Waals surface area contributed by atoms with Crippen molar-refractivity contribution < 1.29 is 9.53 Å². The first-order chi connectivity index (χ1) is 15.5. The molecule has 0 aliphatic carbocycles. The van der Waals surface area contributed by atoms with Gasteiger partial charge in [-0.05, 0) is 55.9 Å². The molecule has 166 valence electrons. The molecular formula is C24H28N6O2. The van der Waals surface area contributed by atoms with E-state index in [1.165, 1.54) is 0 Å². The molecule has 0 saturated carbocycles. The molecule has 1 saturated heterocycles. The van der Waals surface area contributed by atoms with E-state index in [-0.39, 0.29) is 6.03 Å². The summed E-state index contributed by atoms with van der Waals surface area (Å²) < 4.78 is 5.31. The largest absolute Gasteiger partial charge is 0.495 e. The molecule has 3 aromatic rings. The smallest absolute Gasteiger partial charge is 0.323 e. The highest BCUT2D eigenvalue weighted by Gasteiger charge is 2.16. The molecule has 0 atom stereocenters. The molecule has 8 heteroatoms. The van der Waals surface area contributed by atoms with Crippen molar-refractivity contribution in [1.82, 2.24) is 15.1 Å². The third-order valence-electron chi connectivity index (χ3n) is 5.52. The van der Waals surface area contributed by atoms with Gasteiger partial charge in [-0.25, -0.2) is 4.79 Å². The predicted octanol–water partition coefficient (Wildman–Crippen LogP) is 3.86. The van der Waals surface area contributed by atoms with Crippen molar-refractivity contribution in [3.63, 3.8) is 0 Å². The molecule has 1 aliphatic rings. The number of amides is 2. The Morgan fingerprint density at radius 2 is 1.69 bits per heavy atom. The van der Waals surface area contributed by atoms with E-state index in [0.29, 0.717) is 17.1 Å². The minimum Gasteiger partial charge on any atom is -0.495 e. The van der Waals surface area contributed by atoms with Crippen LogP contribution in [0.3, 0.4) is 0 Å². The van der Waals surface area contributed by atoms with Crippen molar-refractivity contribution in [1.29, 1.82) is 0 Å². The predicted molar refractivity (Wildman–Crippen MR) is 128 cm³/mol. The SMILES string of the molecule is COc1ccc(C)cc1NC(=O)Nc1ccc(-c2ccc(N3CCN(C)CC3)nn2)cc1. The highest BCUT2D eigenvalue weighted by atomic mass is 16.5. The lowest BCUT2D eigenvalue weighted by molar-refractivity contribution is 0.262. The number of nitrogens with one attached hydrogen (secondary N) is 2. The van der Waals surface area contributed by atoms with E-state index >= 15 is 0 Å². The van der Waals surface area contributed by atoms with Gasteiger partial charge >= 0.3 is 6.03 Å². The van der Waals surface area contributed by atoms with E-state index in [4.69, 9.17) is 4.74 Å². The van der Waals surface area contributed by atoms with Crippen LogP contribution in [0, 0.1) is 6.92 Å². The topological polar surface area (TPSA) is 82.6 Å². The standard InChI is InChI=1S/C24H28N6O2/c1-17-4-10-22(32-3)21(16-17)26-24(31)25-19-7-5-18(6-8-19)20-9-11-23(28-27-20)30-14-12-29(2)13-15-30/h4-11,16H,12-15H2,1-3H3,(H2,25,26,31). The van der Waals surface area contributed by atoms with Gasteiger partial charge in [-0.1, -0.05) is 18.2 Å². The second kappa shape index (κ2) is 9.65. The van der Waals surface area contributed by atoms with Gasteiger partial charge in [0.2, 0.25) is 0 Å². The molecule has 0 spiro atoms. The van der Waals surface area contributed by atoms with Gasteiger partial charge in [0.05, 0.1) is 18.5 Å². The average Bonchev–Trinajstić information content (AvgIpc) is 2.80. The number of aryl methyl sites for hydroxylation is 1. The van der Waals surface area contributed by atoms with Crippen LogP contribution in [0.4, 0.5) is 22.0 Å². The number of carbonyl (C=O) groups is 1. The van der Waals surface area contributed by atoms with Crippen LogP contribution in [0.5, 0.6) is 5.75 Å². The lowest BCUT2D eigenvalue weighted by atomic mass is 10.1. The van der Waals surface area contributed by atoms with E-state index in [1.54, 1.807) is 7.11 Å². The van der Waals surface area contributed by atoms with Gasteiger partial charge < -0.3 is 25.2 Å². The maximum absolute atomic E-state index is 12.4. The summed E-state index contributed by atoms with van der Waals surface area (Å²) >= 11 is 0. The van der Waals surface area contributed by atoms with Crippen LogP contribution in [0.1, 0.15) is 5.56 Å². The Kier molecular flexibility index (Phi) is 6.51. The van der Waals surface area contributed by atoms with Gasteiger partial charge in [0.1, 0.15) is 5.75 Å². The number of ether oxygens (including phenoxy) is 1. The number of hydrogen-bond acceptors (Lipinski definition) is 6. The second-order valence-corrected chi connectivity index (χ2v) is 7.93. The lowest BCUT2D eigenvalue weighted by Gasteiger charge is -2.32. The highest BCUT2D eigenvalue weighted by molar-refractivity contribution is 6.00. The third-order valence-corrected chi connectivity index (χ3v) is 5.52. The van der Waals surface area contributed by atoms with Crippen LogP contribution < -0.4 is 20.3 Å². The number of carbonyl (C=O) groups excluding carboxylic acids is 1. The Hall–Kier alpha value is -3.65. The van der Waals surface area contributed by atoms with Crippen molar-refractivity contribution >= 4 is 23.2 Å². The number of urea groups is 1. The molecule has 2 amide bonds. The van der Waals surface area contributed by atoms with Crippen LogP contribution in [0.2, 0.25) is 0 Å². The molecular weight excluding hydrogens is 404 g/mol. The number of hydrogen-bond donors (Lipinski definition) is 2. The molecule has 1 fully saturated rings. The number of nitrogens with zero attached hydrogens (tertiary/aromatic N) is 4. The van der Waals surface area contributed by atoms with E-state index in [9.17, 15) is 4.79 Å². The van der Waals surface area contributed by atoms with Crippen molar-refractivity contribution in [2.45, 2.75) is 6.92 Å². The Balaban J connectivity index is 1.38. The first-order valence-electron chi connectivity index (χ1n) is 10.6. The number of rotatable bonds is 5. The number of piperazine rings is 1. The van der Waals surface area contributed by atoms with Gasteiger partial charge in [-0.2, -0.15) is 0 Å². The molecule has 2 aromatic carbocycles. The molecule has 1 aliphatic heterocycles. The van der Waals surface area contributed by atoms with E-state index < -0.39 is 0 Å². The van der Waals surface area contributed by atoms with E-state index in [0.717, 1.165) is 48.8 Å². The number of likely N-dealkylation sites (N-methyl/N-ethyl adjacent to an activating group) is 1. The quantitative estimate of drug-likeness (QED) is 0.637. The Morgan fingerprint density at radius 3 is 2.34 bits per heavy atom. The molecule has 32 heavy (non-hydrogen) atoms. The van der Waals surface area contributed by atoms with Crippen molar-refractivity contribution in [3.8, 4) is 17.0 Å². The zero-order chi connectivity index (χ0) is 22.5. The normalized spacial score (nSPS) is 14.2. The maximum atomic E-state index is 12.4. The fourth-order valence-electron chi connectivity index (χ4n) is 3.61. The Morgan fingerprint density at radius 1 is 0.938 bits per heavy atom. The zero-order valence-electron chi connectivity index (χ0n) is 18.6. The fourth-order valence-corrected chi connectivity index (χ4v) is 3.61. The van der Waals surface area contributed by atoms with Crippen LogP contribution >= 0.6 is 0 Å². The number of benzene rings is 2. The molecule has 0 unspecified atom stereocenters. The highest BCUT2D eigenvalue weighted by Crippen LogP contribution is 2.26. The molecule has 0 bridgehead atoms. The second-order valence-electron chi connectivity index (χ2n) is 7.93. The van der Waals surface area contributed by atoms with Gasteiger partial charge in [0, 0.05) is 37.4 Å². The first kappa shape index (κ1) is 21.6. The van der Waals surface area contributed by atoms with Crippen LogP contribution in [0.25, 0.3) is 11.3 Å². The van der Waals surface area contributed by atoms with Gasteiger partial charge in [0.15, 0.2) is 5.82 Å². The first-order valence-corrected chi connectivity index (χ1v) is 10.6. The summed E-state index contributed by atoms with van der Waals surface area (Å²) in [7, 11) is 3.71. The Labute approximate surface area is 188 Å². The fraction of sp³-hybridized carbons (Fsp3) is 0.292. The third kappa shape index (κ3) is 5.15. The molecule has 1 aromatic heterocycles. The summed E-state index contributed by atoms with van der Waals surface area (Å²) in [6.45, 7) is 5.94. The summed E-state index contributed by atoms with van der Waals surface area (Å²) in [5, 5.41) is 14.5. The van der Waals surface area contributed by atoms with E-state index in [1.807, 2.05) is 61.5 Å². The van der Waals surface area contributed by atoms with Crippen molar-refractivity contribution in [3.05, 3.63) is 60.2 Å². The summed E-state index contributed by atoms with van der Waals surface area (Å²) in [5.41, 5.74) is 4.07. The van der Waals surface area contributed by atoms with Gasteiger partial charge in [-0.3, -0.25) is 0 Å². The van der Waals surface area contributed by atoms with Gasteiger partial charge in [-0.15, -0.1) is 10.2 Å². The average molecular weight is 433 g/mol. The summed E-state index contributed by atoms with van der Waals surface area (Å²) in [6, 6.07) is 16.8. The minimum atomic E-state index is -0.335. The summed E-state index contributed by atoms with van der Waals surface area (Å²) in [6.07, 6.45) is 0. The monoisotopic (exact) mass is 432 g/mol. The van der Waals surface area contributed by atoms with Crippen LogP contribution in [0.15, 0.2) is 54.6 Å². The van der Waals surface area contributed by atoms with Crippen molar-refractivity contribution in [2.24, 2.45) is 0 Å². The molecule has 0 radical (unpaired) electrons. The molecule has 8 nitrogen and oxygen atoms in total. The Bertz CT molecular complexity index is 1060. The summed E-state index contributed by atoms with van der Waals surface area (Å²) in [4.78, 5) is 17.0. The van der Waals surface area contributed by atoms with Gasteiger partial charge in [0.25, 0.3) is 0 Å². The van der Waals surface area contributed by atoms with Crippen LogP contribution in [-0.4, -0.2) is 61.5 Å². The number of anilines is 3. The minimum absolute atomic E-state index is 0.335. The maximum Gasteiger partial charge on any atom is 0.323 e. The number of aromatic nitrogens is 2. The molecule has 2 heterocycles. The number of methoxy groups -OCH3 is 1.